The van der Waals surface area contributed by atoms with Crippen LogP contribution in [0.5, 0.6) is 5.75 Å². The summed E-state index contributed by atoms with van der Waals surface area (Å²) in [7, 11) is 1.67. The van der Waals surface area contributed by atoms with Crippen LogP contribution in [0.15, 0.2) is 24.3 Å². The van der Waals surface area contributed by atoms with Gasteiger partial charge in [-0.15, -0.1) is 0 Å². The van der Waals surface area contributed by atoms with Gasteiger partial charge >= 0.3 is 0 Å². The molecule has 1 amide bonds. The fourth-order valence-corrected chi connectivity index (χ4v) is 4.56. The summed E-state index contributed by atoms with van der Waals surface area (Å²) in [5.74, 6) is 1.98. The molecule has 1 saturated carbocycles. The zero-order chi connectivity index (χ0) is 17.3. The Morgan fingerprint density at radius 1 is 1.29 bits per heavy atom. The number of carbonyl (C=O) groups is 1. The lowest BCUT2D eigenvalue weighted by Gasteiger charge is -2.52. The average Bonchev–Trinajstić information content (AvgIpc) is 2.53. The number of hydrogen-bond donors (Lipinski definition) is 1. The van der Waals surface area contributed by atoms with Gasteiger partial charge in [-0.25, -0.2) is 0 Å². The molecule has 5 atom stereocenters. The van der Waals surface area contributed by atoms with Gasteiger partial charge in [-0.1, -0.05) is 25.5 Å². The highest BCUT2D eigenvalue weighted by Crippen LogP contribution is 2.47. The zero-order valence-electron chi connectivity index (χ0n) is 15.2. The summed E-state index contributed by atoms with van der Waals surface area (Å²) < 4.78 is 11.8. The number of carbonyl (C=O) groups excluding carboxylic acids is 1. The van der Waals surface area contributed by atoms with E-state index >= 15 is 0 Å². The summed E-state index contributed by atoms with van der Waals surface area (Å²) in [6.07, 6.45) is 4.46. The van der Waals surface area contributed by atoms with Crippen molar-refractivity contribution in [3.8, 4) is 5.75 Å². The fraction of sp³-hybridized carbons (Fsp3) is 0.650. The number of amides is 1. The minimum Gasteiger partial charge on any atom is -0.497 e. The van der Waals surface area contributed by atoms with E-state index < -0.39 is 0 Å². The second-order valence-electron chi connectivity index (χ2n) is 7.76. The van der Waals surface area contributed by atoms with Crippen molar-refractivity contribution in [2.45, 2.75) is 64.2 Å². The second kappa shape index (κ2) is 6.75. The summed E-state index contributed by atoms with van der Waals surface area (Å²) in [6.45, 7) is 6.11. The van der Waals surface area contributed by atoms with E-state index in [0.29, 0.717) is 11.8 Å². The number of benzene rings is 1. The average molecular weight is 331 g/mol. The summed E-state index contributed by atoms with van der Waals surface area (Å²) in [5, 5.41) is 3.25. The van der Waals surface area contributed by atoms with Crippen molar-refractivity contribution >= 4 is 5.91 Å². The second-order valence-corrected chi connectivity index (χ2v) is 7.76. The standard InChI is InChI=1S/C20H29NO3/c1-13-5-10-17-18(11-13)24-19(12-20(17,3)21-14(2)22)15-6-8-16(23-4)9-7-15/h6-9,13,17-19H,5,10-12H2,1-4H3,(H,21,22)/t13-,17-,18-,19-,20+/m1/s1. The van der Waals surface area contributed by atoms with Gasteiger partial charge in [0.05, 0.1) is 19.3 Å². The number of fused-ring (bicyclic) bond motifs is 1. The molecular weight excluding hydrogens is 302 g/mol. The molecule has 132 valence electrons. The number of methoxy groups -OCH3 is 1. The van der Waals surface area contributed by atoms with Gasteiger partial charge in [-0.3, -0.25) is 4.79 Å². The minimum absolute atomic E-state index is 0.0132. The third kappa shape index (κ3) is 3.44. The molecule has 1 N–H and O–H groups in total. The van der Waals surface area contributed by atoms with Crippen LogP contribution in [-0.2, 0) is 9.53 Å². The van der Waals surface area contributed by atoms with Crippen molar-refractivity contribution in [3.63, 3.8) is 0 Å². The van der Waals surface area contributed by atoms with Gasteiger partial charge < -0.3 is 14.8 Å². The molecule has 1 saturated heterocycles. The third-order valence-corrected chi connectivity index (χ3v) is 5.77. The maximum absolute atomic E-state index is 11.8. The van der Waals surface area contributed by atoms with E-state index in [9.17, 15) is 4.79 Å². The van der Waals surface area contributed by atoms with Crippen LogP contribution < -0.4 is 10.1 Å². The van der Waals surface area contributed by atoms with Crippen LogP contribution in [0, 0.1) is 11.8 Å². The molecule has 1 aromatic carbocycles. The Kier molecular flexibility index (Phi) is 4.86. The van der Waals surface area contributed by atoms with Crippen LogP contribution >= 0.6 is 0 Å². The molecule has 2 aliphatic rings. The number of ether oxygens (including phenoxy) is 2. The highest BCUT2D eigenvalue weighted by atomic mass is 16.5. The van der Waals surface area contributed by atoms with E-state index in [-0.39, 0.29) is 23.7 Å². The Hall–Kier alpha value is -1.55. The van der Waals surface area contributed by atoms with Crippen molar-refractivity contribution < 1.29 is 14.3 Å². The van der Waals surface area contributed by atoms with Gasteiger partial charge in [-0.2, -0.15) is 0 Å². The Morgan fingerprint density at radius 3 is 2.62 bits per heavy atom. The highest BCUT2D eigenvalue weighted by molar-refractivity contribution is 5.73. The zero-order valence-corrected chi connectivity index (χ0v) is 15.2. The molecule has 0 radical (unpaired) electrons. The van der Waals surface area contributed by atoms with E-state index in [0.717, 1.165) is 30.6 Å². The van der Waals surface area contributed by atoms with Gasteiger partial charge in [0.1, 0.15) is 5.75 Å². The number of nitrogens with one attached hydrogen (secondary N) is 1. The molecule has 1 heterocycles. The molecule has 4 heteroatoms. The first kappa shape index (κ1) is 17.3. The molecule has 0 aromatic heterocycles. The van der Waals surface area contributed by atoms with Crippen LogP contribution in [0.1, 0.15) is 58.1 Å². The van der Waals surface area contributed by atoms with E-state index in [4.69, 9.17) is 9.47 Å². The lowest BCUT2D eigenvalue weighted by Crippen LogP contribution is -2.60. The van der Waals surface area contributed by atoms with E-state index in [1.165, 1.54) is 6.42 Å². The van der Waals surface area contributed by atoms with Gasteiger partial charge in [0, 0.05) is 24.8 Å². The largest absolute Gasteiger partial charge is 0.497 e. The van der Waals surface area contributed by atoms with Crippen molar-refractivity contribution in [2.75, 3.05) is 7.11 Å². The van der Waals surface area contributed by atoms with Gasteiger partial charge in [0.15, 0.2) is 0 Å². The van der Waals surface area contributed by atoms with Crippen LogP contribution in [-0.4, -0.2) is 24.7 Å². The van der Waals surface area contributed by atoms with Gasteiger partial charge in [0.25, 0.3) is 0 Å². The molecule has 2 fully saturated rings. The summed E-state index contributed by atoms with van der Waals surface area (Å²) in [5.41, 5.74) is 0.948. The molecule has 3 rings (SSSR count). The normalized spacial score (nSPS) is 35.8. The molecule has 1 aliphatic heterocycles. The topological polar surface area (TPSA) is 47.6 Å². The van der Waals surface area contributed by atoms with Crippen LogP contribution in [0.25, 0.3) is 0 Å². The fourth-order valence-electron chi connectivity index (χ4n) is 4.56. The number of rotatable bonds is 3. The molecule has 4 nitrogen and oxygen atoms in total. The molecule has 1 aliphatic carbocycles. The van der Waals surface area contributed by atoms with Crippen molar-refractivity contribution in [3.05, 3.63) is 29.8 Å². The third-order valence-electron chi connectivity index (χ3n) is 5.77. The molecule has 0 unspecified atom stereocenters. The predicted octanol–water partition coefficient (Wildman–Crippen LogP) is 3.86. The maximum atomic E-state index is 11.8. The smallest absolute Gasteiger partial charge is 0.217 e. The van der Waals surface area contributed by atoms with Gasteiger partial charge in [-0.05, 0) is 43.4 Å². The molecule has 0 bridgehead atoms. The number of hydrogen-bond acceptors (Lipinski definition) is 3. The van der Waals surface area contributed by atoms with Crippen molar-refractivity contribution in [1.29, 1.82) is 0 Å². The Labute approximate surface area is 144 Å². The van der Waals surface area contributed by atoms with E-state index in [1.807, 2.05) is 12.1 Å². The van der Waals surface area contributed by atoms with Crippen molar-refractivity contribution in [1.82, 2.24) is 5.32 Å². The van der Waals surface area contributed by atoms with Crippen LogP contribution in [0.2, 0.25) is 0 Å². The Balaban J connectivity index is 1.87. The first-order valence-corrected chi connectivity index (χ1v) is 8.99. The van der Waals surface area contributed by atoms with E-state index in [1.54, 1.807) is 14.0 Å². The molecule has 0 spiro atoms. The van der Waals surface area contributed by atoms with Crippen molar-refractivity contribution in [2.24, 2.45) is 11.8 Å². The lowest BCUT2D eigenvalue weighted by molar-refractivity contribution is -0.153. The molecule has 1 aromatic rings. The highest BCUT2D eigenvalue weighted by Gasteiger charge is 2.49. The molecular formula is C20H29NO3. The predicted molar refractivity (Wildman–Crippen MR) is 94.0 cm³/mol. The van der Waals surface area contributed by atoms with Gasteiger partial charge in [0.2, 0.25) is 5.91 Å². The lowest BCUT2D eigenvalue weighted by atomic mass is 9.66. The maximum Gasteiger partial charge on any atom is 0.217 e. The first-order chi connectivity index (χ1) is 11.4. The van der Waals surface area contributed by atoms with Crippen LogP contribution in [0.3, 0.4) is 0 Å². The quantitative estimate of drug-likeness (QED) is 0.915. The Morgan fingerprint density at radius 2 is 2.00 bits per heavy atom. The minimum atomic E-state index is -0.209. The van der Waals surface area contributed by atoms with Crippen LogP contribution in [0.4, 0.5) is 0 Å². The summed E-state index contributed by atoms with van der Waals surface area (Å²) >= 11 is 0. The summed E-state index contributed by atoms with van der Waals surface area (Å²) in [6, 6.07) is 8.10. The van der Waals surface area contributed by atoms with E-state index in [2.05, 4.69) is 31.3 Å². The Bertz CT molecular complexity index is 585. The molecule has 24 heavy (non-hydrogen) atoms. The summed E-state index contributed by atoms with van der Waals surface area (Å²) in [4.78, 5) is 11.8. The first-order valence-electron chi connectivity index (χ1n) is 8.99. The SMILES string of the molecule is COc1ccc([C@H]2C[C@](C)(NC(C)=O)[C@@H]3CC[C@@H](C)C[C@H]3O2)cc1. The monoisotopic (exact) mass is 331 g/mol.